The Hall–Kier alpha value is -1.26. The number of halogens is 1. The molecule has 0 radical (unpaired) electrons. The van der Waals surface area contributed by atoms with Crippen LogP contribution in [0.15, 0.2) is 18.2 Å². The highest BCUT2D eigenvalue weighted by Gasteiger charge is 2.06. The van der Waals surface area contributed by atoms with E-state index in [0.29, 0.717) is 41.8 Å². The van der Waals surface area contributed by atoms with Crippen molar-refractivity contribution in [1.29, 1.82) is 0 Å². The van der Waals surface area contributed by atoms with E-state index in [1.54, 1.807) is 18.2 Å². The summed E-state index contributed by atoms with van der Waals surface area (Å²) in [5.74, 6) is 0.504. The Morgan fingerprint density at radius 1 is 1.48 bits per heavy atom. The van der Waals surface area contributed by atoms with E-state index >= 15 is 0 Å². The molecule has 21 heavy (non-hydrogen) atoms. The van der Waals surface area contributed by atoms with Gasteiger partial charge in [-0.3, -0.25) is 4.79 Å². The van der Waals surface area contributed by atoms with E-state index in [0.717, 1.165) is 6.61 Å². The lowest BCUT2D eigenvalue weighted by atomic mass is 10.1. The molecule has 0 bridgehead atoms. The van der Waals surface area contributed by atoms with Gasteiger partial charge in [0.15, 0.2) is 0 Å². The van der Waals surface area contributed by atoms with Gasteiger partial charge in [0.1, 0.15) is 0 Å². The molecular formula is C16H25ClN2O2. The van der Waals surface area contributed by atoms with Crippen LogP contribution in [0, 0.1) is 5.92 Å². The largest absolute Gasteiger partial charge is 0.397 e. The van der Waals surface area contributed by atoms with Gasteiger partial charge in [0.25, 0.3) is 0 Å². The molecule has 118 valence electrons. The molecule has 0 aliphatic rings. The van der Waals surface area contributed by atoms with Gasteiger partial charge >= 0.3 is 0 Å². The Morgan fingerprint density at radius 3 is 2.95 bits per heavy atom. The molecule has 5 heteroatoms. The van der Waals surface area contributed by atoms with Crippen LogP contribution in [-0.2, 0) is 9.53 Å². The Morgan fingerprint density at radius 2 is 2.24 bits per heavy atom. The van der Waals surface area contributed by atoms with Crippen molar-refractivity contribution in [3.05, 3.63) is 23.2 Å². The molecule has 1 aromatic carbocycles. The molecule has 0 saturated carbocycles. The molecule has 0 aromatic heterocycles. The number of anilines is 2. The van der Waals surface area contributed by atoms with Crippen molar-refractivity contribution in [3.8, 4) is 0 Å². The van der Waals surface area contributed by atoms with E-state index in [-0.39, 0.29) is 5.91 Å². The summed E-state index contributed by atoms with van der Waals surface area (Å²) in [6.45, 7) is 5.71. The second-order valence-corrected chi connectivity index (χ2v) is 5.79. The minimum atomic E-state index is -0.0748. The lowest BCUT2D eigenvalue weighted by Crippen LogP contribution is -2.14. The van der Waals surface area contributed by atoms with E-state index in [1.807, 2.05) is 0 Å². The third kappa shape index (κ3) is 7.34. The number of amides is 1. The van der Waals surface area contributed by atoms with Crippen LogP contribution in [0.2, 0.25) is 5.02 Å². The average molecular weight is 313 g/mol. The first-order chi connectivity index (χ1) is 10.0. The van der Waals surface area contributed by atoms with Crippen molar-refractivity contribution < 1.29 is 9.53 Å². The van der Waals surface area contributed by atoms with Gasteiger partial charge in [-0.1, -0.05) is 31.9 Å². The van der Waals surface area contributed by atoms with Crippen molar-refractivity contribution in [2.75, 3.05) is 24.3 Å². The van der Waals surface area contributed by atoms with E-state index in [9.17, 15) is 4.79 Å². The summed E-state index contributed by atoms with van der Waals surface area (Å²) in [6.07, 6.45) is 3.46. The van der Waals surface area contributed by atoms with E-state index in [4.69, 9.17) is 22.1 Å². The number of benzene rings is 1. The lowest BCUT2D eigenvalue weighted by Gasteiger charge is -2.11. The summed E-state index contributed by atoms with van der Waals surface area (Å²) in [5.41, 5.74) is 6.85. The zero-order chi connectivity index (χ0) is 15.7. The first-order valence-corrected chi connectivity index (χ1v) is 7.83. The van der Waals surface area contributed by atoms with E-state index in [1.165, 1.54) is 12.8 Å². The van der Waals surface area contributed by atoms with E-state index in [2.05, 4.69) is 19.2 Å². The van der Waals surface area contributed by atoms with Crippen LogP contribution in [0.1, 0.15) is 39.5 Å². The molecule has 0 fully saturated rings. The van der Waals surface area contributed by atoms with Crippen LogP contribution in [-0.4, -0.2) is 19.1 Å². The number of nitrogens with one attached hydrogen (secondary N) is 1. The average Bonchev–Trinajstić information content (AvgIpc) is 2.43. The number of nitrogen functional groups attached to an aromatic ring is 1. The van der Waals surface area contributed by atoms with Crippen LogP contribution < -0.4 is 11.1 Å². The number of carbonyl (C=O) groups is 1. The smallest absolute Gasteiger partial charge is 0.224 e. The van der Waals surface area contributed by atoms with Crippen LogP contribution >= 0.6 is 11.6 Å². The molecule has 1 unspecified atom stereocenters. The molecule has 1 amide bonds. The summed E-state index contributed by atoms with van der Waals surface area (Å²) in [7, 11) is 0. The molecule has 0 spiro atoms. The molecule has 0 heterocycles. The second kappa shape index (κ2) is 9.64. The summed E-state index contributed by atoms with van der Waals surface area (Å²) in [5, 5.41) is 3.32. The predicted molar refractivity (Wildman–Crippen MR) is 88.6 cm³/mol. The minimum Gasteiger partial charge on any atom is -0.397 e. The predicted octanol–water partition coefficient (Wildman–Crippen LogP) is 4.09. The molecule has 3 N–H and O–H groups in total. The number of carbonyl (C=O) groups excluding carboxylic acids is 1. The fraction of sp³-hybridized carbons (Fsp3) is 0.562. The van der Waals surface area contributed by atoms with Crippen molar-refractivity contribution >= 4 is 28.9 Å². The number of nitrogens with two attached hydrogens (primary N) is 1. The molecule has 4 nitrogen and oxygen atoms in total. The zero-order valence-corrected chi connectivity index (χ0v) is 13.6. The molecule has 0 aliphatic carbocycles. The highest BCUT2D eigenvalue weighted by atomic mass is 35.5. The maximum Gasteiger partial charge on any atom is 0.224 e. The molecule has 1 atom stereocenters. The normalized spacial score (nSPS) is 12.1. The monoisotopic (exact) mass is 312 g/mol. The first kappa shape index (κ1) is 17.8. The van der Waals surface area contributed by atoms with Crippen LogP contribution in [0.5, 0.6) is 0 Å². The number of ether oxygens (including phenoxy) is 1. The number of hydrogen-bond donors (Lipinski definition) is 2. The van der Waals surface area contributed by atoms with Crippen molar-refractivity contribution in [2.24, 2.45) is 5.92 Å². The van der Waals surface area contributed by atoms with Gasteiger partial charge in [0.2, 0.25) is 5.91 Å². The van der Waals surface area contributed by atoms with E-state index < -0.39 is 0 Å². The Labute approximate surface area is 132 Å². The number of hydrogen-bond acceptors (Lipinski definition) is 3. The zero-order valence-electron chi connectivity index (χ0n) is 12.8. The van der Waals surface area contributed by atoms with Crippen LogP contribution in [0.25, 0.3) is 0 Å². The molecule has 0 aliphatic heterocycles. The molecular weight excluding hydrogens is 288 g/mol. The topological polar surface area (TPSA) is 64.3 Å². The van der Waals surface area contributed by atoms with Crippen molar-refractivity contribution in [1.82, 2.24) is 0 Å². The lowest BCUT2D eigenvalue weighted by molar-refractivity contribution is -0.116. The fourth-order valence-corrected chi connectivity index (χ4v) is 2.22. The van der Waals surface area contributed by atoms with Gasteiger partial charge in [-0.05, 0) is 37.0 Å². The third-order valence-electron chi connectivity index (χ3n) is 3.17. The second-order valence-electron chi connectivity index (χ2n) is 5.35. The maximum absolute atomic E-state index is 11.8. The van der Waals surface area contributed by atoms with Gasteiger partial charge in [0.05, 0.1) is 11.4 Å². The highest BCUT2D eigenvalue weighted by molar-refractivity contribution is 6.31. The van der Waals surface area contributed by atoms with Crippen LogP contribution in [0.3, 0.4) is 0 Å². The van der Waals surface area contributed by atoms with Gasteiger partial charge < -0.3 is 15.8 Å². The molecule has 0 saturated heterocycles. The molecule has 1 aromatic rings. The SMILES string of the molecule is CCCC(C)COCCCC(=O)Nc1cc(Cl)ccc1N. The summed E-state index contributed by atoms with van der Waals surface area (Å²) < 4.78 is 5.57. The Kier molecular flexibility index (Phi) is 8.16. The third-order valence-corrected chi connectivity index (χ3v) is 3.40. The quantitative estimate of drug-likeness (QED) is 0.533. The van der Waals surface area contributed by atoms with Gasteiger partial charge in [-0.2, -0.15) is 0 Å². The van der Waals surface area contributed by atoms with Crippen molar-refractivity contribution in [2.45, 2.75) is 39.5 Å². The summed E-state index contributed by atoms with van der Waals surface area (Å²) >= 11 is 5.87. The van der Waals surface area contributed by atoms with Gasteiger partial charge in [-0.15, -0.1) is 0 Å². The number of rotatable bonds is 9. The fourth-order valence-electron chi connectivity index (χ4n) is 2.04. The Bertz CT molecular complexity index is 452. The van der Waals surface area contributed by atoms with Gasteiger partial charge in [0, 0.05) is 24.7 Å². The maximum atomic E-state index is 11.8. The van der Waals surface area contributed by atoms with Gasteiger partial charge in [-0.25, -0.2) is 0 Å². The summed E-state index contributed by atoms with van der Waals surface area (Å²) in [4.78, 5) is 11.8. The summed E-state index contributed by atoms with van der Waals surface area (Å²) in [6, 6.07) is 5.02. The standard InChI is InChI=1S/C16H25ClN2O2/c1-3-5-12(2)11-21-9-4-6-16(20)19-15-10-13(17)7-8-14(15)18/h7-8,10,12H,3-6,9,11,18H2,1-2H3,(H,19,20). The molecule has 1 rings (SSSR count). The Balaban J connectivity index is 2.21. The minimum absolute atomic E-state index is 0.0748. The first-order valence-electron chi connectivity index (χ1n) is 7.45. The van der Waals surface area contributed by atoms with Crippen LogP contribution in [0.4, 0.5) is 11.4 Å². The van der Waals surface area contributed by atoms with Crippen molar-refractivity contribution in [3.63, 3.8) is 0 Å². The highest BCUT2D eigenvalue weighted by Crippen LogP contribution is 2.23.